The molecule has 2 fully saturated rings. The van der Waals surface area contributed by atoms with Crippen molar-refractivity contribution in [3.63, 3.8) is 0 Å². The fourth-order valence-corrected chi connectivity index (χ4v) is 7.05. The van der Waals surface area contributed by atoms with Crippen LogP contribution in [-0.2, 0) is 4.79 Å². The van der Waals surface area contributed by atoms with Gasteiger partial charge in [0.25, 0.3) is 0 Å². The first-order chi connectivity index (χ1) is 22.3. The maximum Gasteiger partial charge on any atom is 0.246 e. The second kappa shape index (κ2) is 16.1. The molecule has 3 aliphatic heterocycles. The lowest BCUT2D eigenvalue weighted by atomic mass is 9.76. The van der Waals surface area contributed by atoms with Crippen LogP contribution in [0.5, 0.6) is 11.5 Å². The third-order valence-corrected chi connectivity index (χ3v) is 9.65. The fourth-order valence-electron chi connectivity index (χ4n) is 7.05. The third-order valence-electron chi connectivity index (χ3n) is 9.65. The SMILES string of the molecule is CC=NC1=C(C(C)=N)C(c2ccc(Oc3ccccc3)cc2)=NCC(C2CCCN(C(=O)C=CCNC3CCN(C)CC3)C2)C1C. The number of nitrogens with zero attached hydrogens (tertiary/aromatic N) is 4. The van der Waals surface area contributed by atoms with Crippen molar-refractivity contribution in [3.05, 3.63) is 83.6 Å². The maximum absolute atomic E-state index is 13.3. The third kappa shape index (κ3) is 8.47. The van der Waals surface area contributed by atoms with Crippen LogP contribution in [-0.4, -0.2) is 85.7 Å². The minimum absolute atomic E-state index is 0.0859. The van der Waals surface area contributed by atoms with Crippen LogP contribution >= 0.6 is 0 Å². The van der Waals surface area contributed by atoms with E-state index in [0.717, 1.165) is 92.5 Å². The van der Waals surface area contributed by atoms with E-state index in [1.807, 2.05) is 85.6 Å². The molecule has 0 radical (unpaired) electrons. The Labute approximate surface area is 274 Å². The van der Waals surface area contributed by atoms with Crippen molar-refractivity contribution in [2.75, 3.05) is 46.3 Å². The Morgan fingerprint density at radius 2 is 1.78 bits per heavy atom. The second-order valence-electron chi connectivity index (χ2n) is 12.9. The van der Waals surface area contributed by atoms with E-state index in [4.69, 9.17) is 20.1 Å². The minimum Gasteiger partial charge on any atom is -0.457 e. The minimum atomic E-state index is 0.0859. The van der Waals surface area contributed by atoms with Crippen molar-refractivity contribution in [1.82, 2.24) is 15.1 Å². The standard InChI is InChI=1S/C38H50N6O2/c1-5-40-37-27(2)34(30-11-10-22-44(26-30)35(45)14-9-21-41-31-19-23-43(4)24-20-31)25-42-38(36(37)28(3)39)29-15-17-33(18-16-29)46-32-12-7-6-8-13-32/h5-9,12-18,27,30-31,34,39,41H,10-11,19-26H2,1-4H3. The number of aliphatic imine (C=N–C) groups is 2. The number of carbonyl (C=O) groups is 1. The number of nitrogens with one attached hydrogen (secondary N) is 2. The molecule has 244 valence electrons. The van der Waals surface area contributed by atoms with Crippen molar-refractivity contribution < 1.29 is 9.53 Å². The van der Waals surface area contributed by atoms with Gasteiger partial charge in [-0.3, -0.25) is 14.8 Å². The molecular formula is C38H50N6O2. The number of ether oxygens (including phenoxy) is 1. The Morgan fingerprint density at radius 1 is 1.07 bits per heavy atom. The molecule has 2 N–H and O–H groups in total. The molecule has 0 aromatic heterocycles. The molecule has 2 aromatic rings. The zero-order valence-corrected chi connectivity index (χ0v) is 27.9. The lowest BCUT2D eigenvalue weighted by Crippen LogP contribution is -2.43. The zero-order valence-electron chi connectivity index (χ0n) is 27.9. The van der Waals surface area contributed by atoms with Gasteiger partial charge in [-0.15, -0.1) is 0 Å². The first-order valence-electron chi connectivity index (χ1n) is 16.9. The lowest BCUT2D eigenvalue weighted by Gasteiger charge is -2.38. The van der Waals surface area contributed by atoms with Crippen molar-refractivity contribution in [2.45, 2.75) is 52.5 Å². The fraction of sp³-hybridized carbons (Fsp3) is 0.474. The van der Waals surface area contributed by atoms with E-state index in [1.54, 1.807) is 6.08 Å². The molecule has 8 nitrogen and oxygen atoms in total. The summed E-state index contributed by atoms with van der Waals surface area (Å²) in [5, 5.41) is 12.4. The predicted molar refractivity (Wildman–Crippen MR) is 189 cm³/mol. The summed E-state index contributed by atoms with van der Waals surface area (Å²) in [4.78, 5) is 27.7. The second-order valence-corrected chi connectivity index (χ2v) is 12.9. The number of benzene rings is 2. The number of hydrogen-bond acceptors (Lipinski definition) is 7. The topological polar surface area (TPSA) is 93.4 Å². The summed E-state index contributed by atoms with van der Waals surface area (Å²) < 4.78 is 6.02. The smallest absolute Gasteiger partial charge is 0.246 e. The number of carbonyl (C=O) groups excluding carboxylic acids is 1. The number of rotatable bonds is 10. The average Bonchev–Trinajstić information content (AvgIpc) is 3.21. The van der Waals surface area contributed by atoms with Gasteiger partial charge in [-0.2, -0.15) is 0 Å². The molecule has 0 bridgehead atoms. The highest BCUT2D eigenvalue weighted by Crippen LogP contribution is 2.38. The first kappa shape index (κ1) is 33.5. The van der Waals surface area contributed by atoms with E-state index in [9.17, 15) is 4.79 Å². The van der Waals surface area contributed by atoms with E-state index in [-0.39, 0.29) is 17.7 Å². The normalized spacial score (nSPS) is 23.5. The highest BCUT2D eigenvalue weighted by molar-refractivity contribution is 6.29. The lowest BCUT2D eigenvalue weighted by molar-refractivity contribution is -0.128. The molecule has 1 amide bonds. The maximum atomic E-state index is 13.3. The Bertz CT molecular complexity index is 1450. The van der Waals surface area contributed by atoms with Crippen molar-refractivity contribution >= 4 is 23.5 Å². The van der Waals surface area contributed by atoms with Gasteiger partial charge >= 0.3 is 0 Å². The van der Waals surface area contributed by atoms with Gasteiger partial charge < -0.3 is 25.3 Å². The Morgan fingerprint density at radius 3 is 2.48 bits per heavy atom. The molecule has 5 rings (SSSR count). The largest absolute Gasteiger partial charge is 0.457 e. The molecule has 3 heterocycles. The van der Waals surface area contributed by atoms with Crippen LogP contribution in [0.1, 0.15) is 52.0 Å². The Kier molecular flexibility index (Phi) is 11.7. The van der Waals surface area contributed by atoms with Gasteiger partial charge in [-0.05, 0) is 108 Å². The summed E-state index contributed by atoms with van der Waals surface area (Å²) in [6.07, 6.45) is 9.91. The average molecular weight is 623 g/mol. The van der Waals surface area contributed by atoms with Gasteiger partial charge in [-0.1, -0.05) is 31.2 Å². The van der Waals surface area contributed by atoms with Crippen LogP contribution in [0.2, 0.25) is 0 Å². The van der Waals surface area contributed by atoms with E-state index in [1.165, 1.54) is 0 Å². The van der Waals surface area contributed by atoms with Crippen LogP contribution in [0, 0.1) is 23.2 Å². The number of hydrogen-bond donors (Lipinski definition) is 2. The molecule has 3 unspecified atom stereocenters. The number of likely N-dealkylation sites (tertiary alicyclic amines) is 2. The summed E-state index contributed by atoms with van der Waals surface area (Å²) >= 11 is 0. The number of amides is 1. The molecule has 0 saturated carbocycles. The number of allylic oxidation sites excluding steroid dienone is 2. The van der Waals surface area contributed by atoms with Crippen LogP contribution < -0.4 is 10.1 Å². The molecule has 3 aliphatic rings. The predicted octanol–water partition coefficient (Wildman–Crippen LogP) is 6.40. The van der Waals surface area contributed by atoms with Gasteiger partial charge in [-0.25, -0.2) is 0 Å². The molecule has 46 heavy (non-hydrogen) atoms. The van der Waals surface area contributed by atoms with E-state index >= 15 is 0 Å². The highest BCUT2D eigenvalue weighted by atomic mass is 16.5. The summed E-state index contributed by atoms with van der Waals surface area (Å²) in [5.41, 5.74) is 3.91. The molecule has 8 heteroatoms. The molecule has 3 atom stereocenters. The van der Waals surface area contributed by atoms with Crippen LogP contribution in [0.25, 0.3) is 0 Å². The summed E-state index contributed by atoms with van der Waals surface area (Å²) in [6, 6.07) is 18.2. The number of para-hydroxylation sites is 1. The molecule has 2 aromatic carbocycles. The van der Waals surface area contributed by atoms with Gasteiger partial charge in [0.15, 0.2) is 0 Å². The van der Waals surface area contributed by atoms with Gasteiger partial charge in [0.05, 0.1) is 11.4 Å². The van der Waals surface area contributed by atoms with Crippen LogP contribution in [0.3, 0.4) is 0 Å². The first-order valence-corrected chi connectivity index (χ1v) is 16.9. The Balaban J connectivity index is 1.30. The van der Waals surface area contributed by atoms with Gasteiger partial charge in [0.2, 0.25) is 5.91 Å². The van der Waals surface area contributed by atoms with E-state index in [2.05, 4.69) is 24.2 Å². The van der Waals surface area contributed by atoms with Crippen molar-refractivity contribution in [3.8, 4) is 11.5 Å². The van der Waals surface area contributed by atoms with E-state index in [0.29, 0.717) is 24.2 Å². The van der Waals surface area contributed by atoms with Crippen LogP contribution in [0.15, 0.2) is 88.0 Å². The molecule has 0 aliphatic carbocycles. The van der Waals surface area contributed by atoms with Gasteiger partial charge in [0, 0.05) is 67.3 Å². The molecule has 0 spiro atoms. The van der Waals surface area contributed by atoms with Crippen molar-refractivity contribution in [2.24, 2.45) is 27.7 Å². The van der Waals surface area contributed by atoms with Gasteiger partial charge in [0.1, 0.15) is 11.5 Å². The van der Waals surface area contributed by atoms with Crippen molar-refractivity contribution in [1.29, 1.82) is 5.41 Å². The van der Waals surface area contributed by atoms with Crippen LogP contribution in [0.4, 0.5) is 0 Å². The Hall–Kier alpha value is -3.88. The number of piperidine rings is 2. The molecule has 2 saturated heterocycles. The molecular weight excluding hydrogens is 572 g/mol. The quantitative estimate of drug-likeness (QED) is 0.237. The van der Waals surface area contributed by atoms with E-state index < -0.39 is 0 Å². The highest BCUT2D eigenvalue weighted by Gasteiger charge is 2.37. The summed E-state index contributed by atoms with van der Waals surface area (Å²) in [6.45, 7) is 11.1. The summed E-state index contributed by atoms with van der Waals surface area (Å²) in [5.74, 6) is 2.22. The summed E-state index contributed by atoms with van der Waals surface area (Å²) in [7, 11) is 2.17. The monoisotopic (exact) mass is 622 g/mol. The zero-order chi connectivity index (χ0) is 32.5.